The van der Waals surface area contributed by atoms with Crippen LogP contribution in [0.5, 0.6) is 0 Å². The van der Waals surface area contributed by atoms with Crippen LogP contribution >= 0.6 is 0 Å². The average Bonchev–Trinajstić information content (AvgIpc) is 3.13. The van der Waals surface area contributed by atoms with E-state index in [1.54, 1.807) is 0 Å². The van der Waals surface area contributed by atoms with E-state index in [9.17, 15) is 4.79 Å². The number of rotatable bonds is 3. The molecule has 1 aromatic heterocycles. The molecule has 4 nitrogen and oxygen atoms in total. The van der Waals surface area contributed by atoms with Gasteiger partial charge in [-0.15, -0.1) is 0 Å². The summed E-state index contributed by atoms with van der Waals surface area (Å²) in [5.74, 6) is 0.176. The molecule has 1 unspecified atom stereocenters. The Morgan fingerprint density at radius 3 is 2.61 bits per heavy atom. The predicted octanol–water partition coefficient (Wildman–Crippen LogP) is 4.90. The SMILES string of the molecule is O=C(Nc1ccc(N2CCCCC2)cc1)C1CCc2[nH]c3ccccc3c2C1. The summed E-state index contributed by atoms with van der Waals surface area (Å²) < 4.78 is 0. The van der Waals surface area contributed by atoms with Gasteiger partial charge in [-0.1, -0.05) is 18.2 Å². The van der Waals surface area contributed by atoms with Crippen LogP contribution < -0.4 is 10.2 Å². The predicted molar refractivity (Wildman–Crippen MR) is 115 cm³/mol. The molecule has 1 aliphatic carbocycles. The summed E-state index contributed by atoms with van der Waals surface area (Å²) >= 11 is 0. The van der Waals surface area contributed by atoms with Crippen molar-refractivity contribution in [3.63, 3.8) is 0 Å². The number of aromatic amines is 1. The van der Waals surface area contributed by atoms with Gasteiger partial charge in [-0.05, 0) is 74.4 Å². The van der Waals surface area contributed by atoms with Crippen molar-refractivity contribution in [2.24, 2.45) is 5.92 Å². The number of aryl methyl sites for hydroxylation is 1. The molecule has 0 saturated carbocycles. The topological polar surface area (TPSA) is 48.1 Å². The third-order valence-electron chi connectivity index (χ3n) is 6.32. The Morgan fingerprint density at radius 1 is 1.00 bits per heavy atom. The second-order valence-electron chi connectivity index (χ2n) is 8.15. The number of fused-ring (bicyclic) bond motifs is 3. The maximum atomic E-state index is 12.9. The van der Waals surface area contributed by atoms with E-state index in [0.717, 1.165) is 38.0 Å². The summed E-state index contributed by atoms with van der Waals surface area (Å²) in [6.45, 7) is 2.28. The second kappa shape index (κ2) is 7.34. The van der Waals surface area contributed by atoms with Crippen molar-refractivity contribution >= 4 is 28.2 Å². The molecule has 1 aliphatic heterocycles. The molecule has 4 heteroatoms. The van der Waals surface area contributed by atoms with E-state index in [2.05, 4.69) is 51.6 Å². The lowest BCUT2D eigenvalue weighted by molar-refractivity contribution is -0.120. The van der Waals surface area contributed by atoms with Crippen molar-refractivity contribution in [3.05, 3.63) is 59.8 Å². The van der Waals surface area contributed by atoms with Crippen molar-refractivity contribution in [2.75, 3.05) is 23.3 Å². The molecule has 1 saturated heterocycles. The highest BCUT2D eigenvalue weighted by Gasteiger charge is 2.27. The number of aromatic nitrogens is 1. The first-order chi connectivity index (χ1) is 13.8. The number of piperidine rings is 1. The van der Waals surface area contributed by atoms with Crippen LogP contribution in [0.3, 0.4) is 0 Å². The Labute approximate surface area is 165 Å². The summed E-state index contributed by atoms with van der Waals surface area (Å²) in [5, 5.41) is 4.41. The van der Waals surface area contributed by atoms with Gasteiger partial charge in [0.1, 0.15) is 0 Å². The van der Waals surface area contributed by atoms with Gasteiger partial charge in [0.05, 0.1) is 0 Å². The molecule has 1 atom stereocenters. The van der Waals surface area contributed by atoms with Gasteiger partial charge in [0.25, 0.3) is 0 Å². The number of nitrogens with zero attached hydrogens (tertiary/aromatic N) is 1. The van der Waals surface area contributed by atoms with Gasteiger partial charge in [-0.3, -0.25) is 4.79 Å². The van der Waals surface area contributed by atoms with Gasteiger partial charge in [0.15, 0.2) is 0 Å². The fourth-order valence-electron chi connectivity index (χ4n) is 4.75. The van der Waals surface area contributed by atoms with Gasteiger partial charge < -0.3 is 15.2 Å². The van der Waals surface area contributed by atoms with Crippen molar-refractivity contribution < 1.29 is 4.79 Å². The molecule has 1 fully saturated rings. The van der Waals surface area contributed by atoms with Gasteiger partial charge >= 0.3 is 0 Å². The highest BCUT2D eigenvalue weighted by atomic mass is 16.1. The van der Waals surface area contributed by atoms with Crippen molar-refractivity contribution in [3.8, 4) is 0 Å². The summed E-state index contributed by atoms with van der Waals surface area (Å²) in [6, 6.07) is 16.8. The molecule has 0 radical (unpaired) electrons. The molecule has 0 bridgehead atoms. The van der Waals surface area contributed by atoms with Crippen LogP contribution in [0.2, 0.25) is 0 Å². The van der Waals surface area contributed by atoms with Crippen LogP contribution in [-0.4, -0.2) is 24.0 Å². The van der Waals surface area contributed by atoms with E-state index in [1.807, 2.05) is 12.1 Å². The molecule has 2 aromatic carbocycles. The normalized spacial score (nSPS) is 19.4. The maximum absolute atomic E-state index is 12.9. The zero-order valence-corrected chi connectivity index (χ0v) is 16.2. The van der Waals surface area contributed by atoms with E-state index in [0.29, 0.717) is 0 Å². The number of hydrogen-bond donors (Lipinski definition) is 2. The number of para-hydroxylation sites is 1. The molecule has 144 valence electrons. The molecule has 5 rings (SSSR count). The van der Waals surface area contributed by atoms with E-state index in [-0.39, 0.29) is 11.8 Å². The number of amides is 1. The monoisotopic (exact) mass is 373 g/mol. The molecule has 2 N–H and O–H groups in total. The summed E-state index contributed by atoms with van der Waals surface area (Å²) in [4.78, 5) is 18.9. The van der Waals surface area contributed by atoms with Crippen molar-refractivity contribution in [2.45, 2.75) is 38.5 Å². The van der Waals surface area contributed by atoms with Crippen LogP contribution in [0, 0.1) is 5.92 Å². The Balaban J connectivity index is 1.27. The lowest BCUT2D eigenvalue weighted by Crippen LogP contribution is -2.29. The number of nitrogens with one attached hydrogen (secondary N) is 2. The Bertz CT molecular complexity index is 983. The minimum absolute atomic E-state index is 0.0356. The molecule has 28 heavy (non-hydrogen) atoms. The minimum atomic E-state index is 0.0356. The Morgan fingerprint density at radius 2 is 1.79 bits per heavy atom. The largest absolute Gasteiger partial charge is 0.372 e. The molecule has 0 spiro atoms. The third-order valence-corrected chi connectivity index (χ3v) is 6.32. The molecule has 2 aliphatic rings. The zero-order chi connectivity index (χ0) is 18.9. The van der Waals surface area contributed by atoms with Gasteiger partial charge in [-0.2, -0.15) is 0 Å². The molecule has 1 amide bonds. The standard InChI is InChI=1S/C24H27N3O/c28-24(25-18-9-11-19(12-10-18)27-14-4-1-5-15-27)17-8-13-23-21(16-17)20-6-2-3-7-22(20)26-23/h2-3,6-7,9-12,17,26H,1,4-5,8,13-16H2,(H,25,28). The zero-order valence-electron chi connectivity index (χ0n) is 16.2. The number of H-pyrrole nitrogens is 1. The highest BCUT2D eigenvalue weighted by molar-refractivity contribution is 5.94. The number of benzene rings is 2. The summed E-state index contributed by atoms with van der Waals surface area (Å²) in [7, 11) is 0. The number of carbonyl (C=O) groups is 1. The lowest BCUT2D eigenvalue weighted by Gasteiger charge is -2.29. The third kappa shape index (κ3) is 3.28. The quantitative estimate of drug-likeness (QED) is 0.686. The van der Waals surface area contributed by atoms with Crippen LogP contribution in [-0.2, 0) is 17.6 Å². The molecular weight excluding hydrogens is 346 g/mol. The van der Waals surface area contributed by atoms with Crippen LogP contribution in [0.25, 0.3) is 10.9 Å². The minimum Gasteiger partial charge on any atom is -0.372 e. The molecule has 2 heterocycles. The average molecular weight is 374 g/mol. The van der Waals surface area contributed by atoms with E-state index in [1.165, 1.54) is 47.1 Å². The van der Waals surface area contributed by atoms with Gasteiger partial charge in [-0.25, -0.2) is 0 Å². The molecule has 3 aromatic rings. The Hall–Kier alpha value is -2.75. The van der Waals surface area contributed by atoms with Crippen LogP contribution in [0.15, 0.2) is 48.5 Å². The van der Waals surface area contributed by atoms with Crippen molar-refractivity contribution in [1.82, 2.24) is 4.98 Å². The molecular formula is C24H27N3O. The van der Waals surface area contributed by atoms with Crippen LogP contribution in [0.4, 0.5) is 11.4 Å². The van der Waals surface area contributed by atoms with Gasteiger partial charge in [0.2, 0.25) is 5.91 Å². The van der Waals surface area contributed by atoms with Crippen LogP contribution in [0.1, 0.15) is 36.9 Å². The number of carbonyl (C=O) groups excluding carboxylic acids is 1. The summed E-state index contributed by atoms with van der Waals surface area (Å²) in [5.41, 5.74) is 5.97. The Kier molecular flexibility index (Phi) is 4.55. The summed E-state index contributed by atoms with van der Waals surface area (Å²) in [6.07, 6.45) is 6.54. The van der Waals surface area contributed by atoms with E-state index >= 15 is 0 Å². The fourth-order valence-corrected chi connectivity index (χ4v) is 4.75. The smallest absolute Gasteiger partial charge is 0.227 e. The van der Waals surface area contributed by atoms with Gasteiger partial charge in [0, 0.05) is 47.0 Å². The first-order valence-corrected chi connectivity index (χ1v) is 10.5. The first-order valence-electron chi connectivity index (χ1n) is 10.5. The van der Waals surface area contributed by atoms with E-state index < -0.39 is 0 Å². The van der Waals surface area contributed by atoms with Crippen molar-refractivity contribution in [1.29, 1.82) is 0 Å². The van der Waals surface area contributed by atoms with E-state index in [4.69, 9.17) is 0 Å². The first kappa shape index (κ1) is 17.4. The number of anilines is 2. The lowest BCUT2D eigenvalue weighted by atomic mass is 9.86. The second-order valence-corrected chi connectivity index (χ2v) is 8.15. The number of hydrogen-bond acceptors (Lipinski definition) is 2. The highest BCUT2D eigenvalue weighted by Crippen LogP contribution is 2.32. The maximum Gasteiger partial charge on any atom is 0.227 e. The fraction of sp³-hybridized carbons (Fsp3) is 0.375.